The lowest BCUT2D eigenvalue weighted by Gasteiger charge is -2.52. The Morgan fingerprint density at radius 1 is 1.07 bits per heavy atom. The molecule has 0 atom stereocenters. The molecule has 7 nitrogen and oxygen atoms in total. The van der Waals surface area contributed by atoms with Crippen LogP contribution in [0, 0.1) is 5.41 Å². The van der Waals surface area contributed by atoms with Crippen molar-refractivity contribution in [1.29, 1.82) is 0 Å². The van der Waals surface area contributed by atoms with Crippen LogP contribution in [0.15, 0.2) is 41.1 Å². The van der Waals surface area contributed by atoms with E-state index in [0.717, 1.165) is 68.3 Å². The molecule has 9 heteroatoms. The molecule has 0 amide bonds. The smallest absolute Gasteiger partial charge is 0.310 e. The Morgan fingerprint density at radius 2 is 1.80 bits per heavy atom. The van der Waals surface area contributed by atoms with Gasteiger partial charge >= 0.3 is 5.97 Å². The van der Waals surface area contributed by atoms with Crippen molar-refractivity contribution >= 4 is 29.2 Å². The summed E-state index contributed by atoms with van der Waals surface area (Å²) >= 11 is 13.1. The Hall–Kier alpha value is -2.61. The monoisotopic (exact) mass is 584 g/mol. The van der Waals surface area contributed by atoms with E-state index in [9.17, 15) is 4.79 Å². The lowest BCUT2D eigenvalue weighted by Crippen LogP contribution is -2.49. The highest BCUT2D eigenvalue weighted by molar-refractivity contribution is 6.39. The molecule has 0 spiro atoms. The van der Waals surface area contributed by atoms with Crippen LogP contribution in [0.3, 0.4) is 0 Å². The molecule has 4 aliphatic rings. The van der Waals surface area contributed by atoms with Crippen LogP contribution in [0.2, 0.25) is 10.0 Å². The number of hydrogen-bond acceptors (Lipinski definition) is 7. The molecule has 4 saturated carbocycles. The van der Waals surface area contributed by atoms with E-state index in [1.807, 2.05) is 30.3 Å². The van der Waals surface area contributed by atoms with Crippen LogP contribution >= 0.6 is 23.2 Å². The van der Waals surface area contributed by atoms with E-state index in [1.54, 1.807) is 13.1 Å². The van der Waals surface area contributed by atoms with E-state index < -0.39 is 0 Å². The van der Waals surface area contributed by atoms with E-state index in [0.29, 0.717) is 52.9 Å². The maximum absolute atomic E-state index is 11.8. The van der Waals surface area contributed by atoms with E-state index >= 15 is 0 Å². The predicted molar refractivity (Wildman–Crippen MR) is 152 cm³/mol. The second kappa shape index (κ2) is 11.3. The minimum absolute atomic E-state index is 0.122. The third-order valence-corrected chi connectivity index (χ3v) is 9.43. The third kappa shape index (κ3) is 5.74. The molecule has 1 aromatic carbocycles. The molecular weight excluding hydrogens is 551 g/mol. The van der Waals surface area contributed by atoms with Crippen molar-refractivity contribution < 1.29 is 23.5 Å². The molecule has 0 radical (unpaired) electrons. The Balaban J connectivity index is 1.09. The summed E-state index contributed by atoms with van der Waals surface area (Å²) < 4.78 is 23.8. The highest BCUT2D eigenvalue weighted by Gasteiger charge is 2.50. The molecule has 2 heterocycles. The Morgan fingerprint density at radius 3 is 2.48 bits per heavy atom. The topological polar surface area (TPSA) is 83.7 Å². The standard InChI is InChI=1S/C31H34Cl2N2O5/c1-2-37-26(36)17-20-8-15-34-25(16-20)38-19-30-9-12-31(13-10-30,14-11-30)39-18-22-28(35-40-29(22)21-6-7-21)27-23(32)4-3-5-24(27)33/h3-5,8,15-16,21H,2,6-7,9-14,17-19H2,1H3. The van der Waals surface area contributed by atoms with Crippen molar-refractivity contribution in [3.8, 4) is 17.1 Å². The minimum atomic E-state index is -0.244. The first-order valence-corrected chi connectivity index (χ1v) is 14.9. The van der Waals surface area contributed by atoms with Crippen molar-refractivity contribution in [3.63, 3.8) is 0 Å². The molecule has 0 saturated heterocycles. The average Bonchev–Trinajstić information content (AvgIpc) is 3.72. The molecule has 3 aromatic rings. The van der Waals surface area contributed by atoms with E-state index in [4.69, 9.17) is 41.9 Å². The van der Waals surface area contributed by atoms with Crippen molar-refractivity contribution in [2.24, 2.45) is 5.41 Å². The largest absolute Gasteiger partial charge is 0.477 e. The van der Waals surface area contributed by atoms with Gasteiger partial charge in [-0.1, -0.05) is 34.4 Å². The number of fused-ring (bicyclic) bond motifs is 3. The van der Waals surface area contributed by atoms with Gasteiger partial charge in [0.2, 0.25) is 5.88 Å². The average molecular weight is 586 g/mol. The van der Waals surface area contributed by atoms with Crippen LogP contribution < -0.4 is 4.74 Å². The van der Waals surface area contributed by atoms with E-state index in [-0.39, 0.29) is 23.4 Å². The van der Waals surface area contributed by atoms with E-state index in [2.05, 4.69) is 10.1 Å². The molecule has 4 fully saturated rings. The fourth-order valence-electron chi connectivity index (χ4n) is 6.18. The second-order valence-electron chi connectivity index (χ2n) is 11.5. The molecule has 0 aliphatic heterocycles. The van der Waals surface area contributed by atoms with Gasteiger partial charge in [-0.15, -0.1) is 0 Å². The van der Waals surface area contributed by atoms with Gasteiger partial charge in [-0.05, 0) is 82.1 Å². The van der Waals surface area contributed by atoms with Crippen LogP contribution in [0.1, 0.15) is 81.1 Å². The minimum Gasteiger partial charge on any atom is -0.477 e. The zero-order valence-corrected chi connectivity index (χ0v) is 24.2. The van der Waals surface area contributed by atoms with Gasteiger partial charge in [0.1, 0.15) is 11.5 Å². The van der Waals surface area contributed by atoms with Gasteiger partial charge in [-0.3, -0.25) is 4.79 Å². The first-order valence-electron chi connectivity index (χ1n) is 14.2. The fraction of sp³-hybridized carbons (Fsp3) is 0.516. The lowest BCUT2D eigenvalue weighted by molar-refractivity contribution is -0.150. The van der Waals surface area contributed by atoms with Crippen LogP contribution in [0.5, 0.6) is 5.88 Å². The number of halogens is 2. The summed E-state index contributed by atoms with van der Waals surface area (Å²) in [7, 11) is 0. The fourth-order valence-corrected chi connectivity index (χ4v) is 6.76. The van der Waals surface area contributed by atoms with Crippen LogP contribution in [-0.4, -0.2) is 34.9 Å². The van der Waals surface area contributed by atoms with Gasteiger partial charge in [0.05, 0.1) is 41.9 Å². The number of rotatable bonds is 11. The van der Waals surface area contributed by atoms with Gasteiger partial charge in [0.25, 0.3) is 0 Å². The molecule has 4 aliphatic carbocycles. The molecule has 7 rings (SSSR count). The quantitative estimate of drug-likeness (QED) is 0.213. The van der Waals surface area contributed by atoms with Gasteiger partial charge in [0.15, 0.2) is 0 Å². The highest BCUT2D eigenvalue weighted by Crippen LogP contribution is 2.55. The highest BCUT2D eigenvalue weighted by atomic mass is 35.5. The summed E-state index contributed by atoms with van der Waals surface area (Å²) in [5, 5.41) is 5.53. The molecule has 0 N–H and O–H groups in total. The molecule has 2 bridgehead atoms. The first kappa shape index (κ1) is 27.6. The number of hydrogen-bond donors (Lipinski definition) is 0. The zero-order valence-electron chi connectivity index (χ0n) is 22.7. The SMILES string of the molecule is CCOC(=O)Cc1ccnc(OCC23CCC(OCc4c(-c5c(Cl)cccc5Cl)noc4C4CC4)(CC2)CC3)c1. The summed E-state index contributed by atoms with van der Waals surface area (Å²) in [4.78, 5) is 16.2. The number of ether oxygens (including phenoxy) is 3. The normalized spacial score (nSPS) is 23.8. The number of pyridine rings is 1. The van der Waals surface area contributed by atoms with Crippen LogP contribution in [-0.2, 0) is 27.3 Å². The third-order valence-electron chi connectivity index (χ3n) is 8.80. The zero-order chi connectivity index (χ0) is 27.7. The van der Waals surface area contributed by atoms with Crippen molar-refractivity contribution in [1.82, 2.24) is 10.1 Å². The number of carbonyl (C=O) groups excluding carboxylic acids is 1. The summed E-state index contributed by atoms with van der Waals surface area (Å²) in [5.41, 5.74) is 3.20. The number of aromatic nitrogens is 2. The van der Waals surface area contributed by atoms with Gasteiger partial charge in [-0.25, -0.2) is 4.98 Å². The second-order valence-corrected chi connectivity index (χ2v) is 12.3. The summed E-state index contributed by atoms with van der Waals surface area (Å²) in [6.45, 7) is 3.23. The molecule has 40 heavy (non-hydrogen) atoms. The van der Waals surface area contributed by atoms with Gasteiger partial charge in [-0.2, -0.15) is 0 Å². The van der Waals surface area contributed by atoms with Crippen LogP contribution in [0.25, 0.3) is 11.3 Å². The summed E-state index contributed by atoms with van der Waals surface area (Å²) in [5.74, 6) is 1.62. The molecule has 0 unspecified atom stereocenters. The van der Waals surface area contributed by atoms with Gasteiger partial charge in [0, 0.05) is 34.7 Å². The van der Waals surface area contributed by atoms with Crippen molar-refractivity contribution in [2.45, 2.75) is 82.8 Å². The Labute approximate surface area is 244 Å². The Bertz CT molecular complexity index is 1340. The molecule has 212 valence electrons. The number of esters is 1. The summed E-state index contributed by atoms with van der Waals surface area (Å²) in [6, 6.07) is 9.15. The van der Waals surface area contributed by atoms with Crippen molar-refractivity contribution in [2.75, 3.05) is 13.2 Å². The van der Waals surface area contributed by atoms with Crippen molar-refractivity contribution in [3.05, 3.63) is 63.5 Å². The number of nitrogens with zero attached hydrogens (tertiary/aromatic N) is 2. The van der Waals surface area contributed by atoms with E-state index in [1.165, 1.54) is 0 Å². The number of carbonyl (C=O) groups is 1. The number of benzene rings is 1. The Kier molecular flexibility index (Phi) is 7.81. The summed E-state index contributed by atoms with van der Waals surface area (Å²) in [6.07, 6.45) is 10.2. The molecular formula is C31H34Cl2N2O5. The van der Waals surface area contributed by atoms with Crippen LogP contribution in [0.4, 0.5) is 0 Å². The maximum atomic E-state index is 11.8. The first-order chi connectivity index (χ1) is 19.4. The predicted octanol–water partition coefficient (Wildman–Crippen LogP) is 7.72. The lowest BCUT2D eigenvalue weighted by atomic mass is 9.59. The maximum Gasteiger partial charge on any atom is 0.310 e. The molecule has 2 aromatic heterocycles. The van der Waals surface area contributed by atoms with Gasteiger partial charge < -0.3 is 18.7 Å².